The van der Waals surface area contributed by atoms with Crippen molar-refractivity contribution >= 4 is 11.9 Å². The first-order valence-electron chi connectivity index (χ1n) is 9.12. The first-order chi connectivity index (χ1) is 12.6. The Morgan fingerprint density at radius 2 is 2.04 bits per heavy atom. The Bertz CT molecular complexity index is 669. The first-order valence-corrected chi connectivity index (χ1v) is 9.12. The number of fused-ring (bicyclic) bond motifs is 1. The molecule has 3 rings (SSSR count). The lowest BCUT2D eigenvalue weighted by Gasteiger charge is -2.32. The van der Waals surface area contributed by atoms with E-state index in [1.165, 1.54) is 0 Å². The van der Waals surface area contributed by atoms with Crippen LogP contribution in [0.5, 0.6) is 11.5 Å². The van der Waals surface area contributed by atoms with Gasteiger partial charge >= 0.3 is 0 Å². The molecule has 0 spiro atoms. The van der Waals surface area contributed by atoms with Crippen molar-refractivity contribution in [3.8, 4) is 11.5 Å². The van der Waals surface area contributed by atoms with Gasteiger partial charge in [0.1, 0.15) is 0 Å². The van der Waals surface area contributed by atoms with Crippen LogP contribution in [0, 0.1) is 5.92 Å². The molecule has 0 unspecified atom stereocenters. The van der Waals surface area contributed by atoms with E-state index in [2.05, 4.69) is 21.3 Å². The van der Waals surface area contributed by atoms with E-state index in [0.29, 0.717) is 12.7 Å². The third-order valence-electron chi connectivity index (χ3n) is 5.04. The number of rotatable bonds is 4. The van der Waals surface area contributed by atoms with Crippen LogP contribution in [-0.4, -0.2) is 62.2 Å². The molecule has 0 bridgehead atoms. The number of benzene rings is 1. The van der Waals surface area contributed by atoms with Crippen molar-refractivity contribution in [1.82, 2.24) is 15.1 Å². The van der Waals surface area contributed by atoms with E-state index >= 15 is 0 Å². The summed E-state index contributed by atoms with van der Waals surface area (Å²) in [5.41, 5.74) is 1.15. The molecule has 1 N–H and O–H groups in total. The highest BCUT2D eigenvalue weighted by molar-refractivity contribution is 5.79. The fourth-order valence-corrected chi connectivity index (χ4v) is 3.46. The average Bonchev–Trinajstić information content (AvgIpc) is 3.10. The van der Waals surface area contributed by atoms with E-state index in [0.717, 1.165) is 62.0 Å². The lowest BCUT2D eigenvalue weighted by Crippen LogP contribution is -2.44. The average molecular weight is 360 g/mol. The molecule has 0 aromatic heterocycles. The Balaban J connectivity index is 1.48. The Labute approximate surface area is 155 Å². The van der Waals surface area contributed by atoms with Crippen molar-refractivity contribution in [3.63, 3.8) is 0 Å². The number of amides is 1. The normalized spacial score (nSPS) is 17.3. The largest absolute Gasteiger partial charge is 0.454 e. The third-order valence-corrected chi connectivity index (χ3v) is 5.04. The van der Waals surface area contributed by atoms with Crippen LogP contribution in [0.2, 0.25) is 0 Å². The predicted octanol–water partition coefficient (Wildman–Crippen LogP) is 1.68. The summed E-state index contributed by atoms with van der Waals surface area (Å²) in [5, 5.41) is 3.47. The van der Waals surface area contributed by atoms with Gasteiger partial charge in [0.15, 0.2) is 17.5 Å². The van der Waals surface area contributed by atoms with Crippen LogP contribution in [0.1, 0.15) is 25.3 Å². The lowest BCUT2D eigenvalue weighted by atomic mass is 9.97. The second-order valence-corrected chi connectivity index (χ2v) is 6.92. The number of ether oxygens (including phenoxy) is 2. The van der Waals surface area contributed by atoms with Gasteiger partial charge in [-0.3, -0.25) is 9.79 Å². The van der Waals surface area contributed by atoms with Crippen molar-refractivity contribution < 1.29 is 14.3 Å². The fraction of sp³-hybridized carbons (Fsp3) is 0.579. The summed E-state index contributed by atoms with van der Waals surface area (Å²) in [4.78, 5) is 19.8. The Hall–Kier alpha value is -2.44. The molecule has 2 aliphatic heterocycles. The zero-order chi connectivity index (χ0) is 18.5. The van der Waals surface area contributed by atoms with Crippen molar-refractivity contribution in [2.24, 2.45) is 10.9 Å². The van der Waals surface area contributed by atoms with Gasteiger partial charge < -0.3 is 24.6 Å². The number of likely N-dealkylation sites (tertiary alicyclic amines) is 1. The molecule has 7 nitrogen and oxygen atoms in total. The molecular formula is C19H28N4O3. The SMILES string of the molecule is CN=C(NCC1CCN(C(C)=O)CC1)N(C)Cc1ccc2c(c1)OCO2. The van der Waals surface area contributed by atoms with Crippen molar-refractivity contribution in [1.29, 1.82) is 0 Å². The number of hydrogen-bond acceptors (Lipinski definition) is 4. The zero-order valence-electron chi connectivity index (χ0n) is 15.8. The summed E-state index contributed by atoms with van der Waals surface area (Å²) >= 11 is 0. The summed E-state index contributed by atoms with van der Waals surface area (Å²) < 4.78 is 10.8. The third kappa shape index (κ3) is 4.39. The summed E-state index contributed by atoms with van der Waals surface area (Å²) in [7, 11) is 3.83. The molecule has 1 aromatic rings. The monoisotopic (exact) mass is 360 g/mol. The smallest absolute Gasteiger partial charge is 0.231 e. The molecule has 1 saturated heterocycles. The van der Waals surface area contributed by atoms with E-state index in [4.69, 9.17) is 9.47 Å². The van der Waals surface area contributed by atoms with E-state index in [1.807, 2.05) is 24.1 Å². The van der Waals surface area contributed by atoms with Crippen LogP contribution in [0.3, 0.4) is 0 Å². The number of hydrogen-bond donors (Lipinski definition) is 1. The highest BCUT2D eigenvalue weighted by atomic mass is 16.7. The second-order valence-electron chi connectivity index (χ2n) is 6.92. The van der Waals surface area contributed by atoms with Crippen molar-refractivity contribution in [2.45, 2.75) is 26.3 Å². The number of nitrogens with zero attached hydrogens (tertiary/aromatic N) is 3. The molecule has 0 saturated carbocycles. The minimum absolute atomic E-state index is 0.177. The summed E-state index contributed by atoms with van der Waals surface area (Å²) in [6, 6.07) is 6.02. The Kier molecular flexibility index (Phi) is 5.85. The minimum Gasteiger partial charge on any atom is -0.454 e. The van der Waals surface area contributed by atoms with Crippen LogP contribution in [0.15, 0.2) is 23.2 Å². The van der Waals surface area contributed by atoms with E-state index in [1.54, 1.807) is 14.0 Å². The molecule has 0 aliphatic carbocycles. The number of piperidine rings is 1. The van der Waals surface area contributed by atoms with Gasteiger partial charge in [-0.2, -0.15) is 0 Å². The molecular weight excluding hydrogens is 332 g/mol. The highest BCUT2D eigenvalue weighted by Crippen LogP contribution is 2.32. The van der Waals surface area contributed by atoms with E-state index in [-0.39, 0.29) is 5.91 Å². The number of guanidine groups is 1. The standard InChI is InChI=1S/C19H28N4O3/c1-14(24)23-8-6-15(7-9-23)11-21-19(20-2)22(3)12-16-4-5-17-18(10-16)26-13-25-17/h4-5,10,15H,6-9,11-13H2,1-3H3,(H,20,21). The van der Waals surface area contributed by atoms with Gasteiger partial charge in [-0.15, -0.1) is 0 Å². The van der Waals surface area contributed by atoms with Gasteiger partial charge in [0.25, 0.3) is 0 Å². The van der Waals surface area contributed by atoms with Crippen molar-refractivity contribution in [2.75, 3.05) is 40.5 Å². The van der Waals surface area contributed by atoms with Crippen LogP contribution >= 0.6 is 0 Å². The fourth-order valence-electron chi connectivity index (χ4n) is 3.46. The number of nitrogens with one attached hydrogen (secondary N) is 1. The number of carbonyl (C=O) groups excluding carboxylic acids is 1. The number of aliphatic imine (C=N–C) groups is 1. The zero-order valence-corrected chi connectivity index (χ0v) is 15.8. The topological polar surface area (TPSA) is 66.4 Å². The van der Waals surface area contributed by atoms with Crippen LogP contribution < -0.4 is 14.8 Å². The van der Waals surface area contributed by atoms with Crippen LogP contribution in [0.4, 0.5) is 0 Å². The minimum atomic E-state index is 0.177. The molecule has 2 heterocycles. The van der Waals surface area contributed by atoms with Gasteiger partial charge in [0, 0.05) is 47.2 Å². The van der Waals surface area contributed by atoms with Crippen LogP contribution in [0.25, 0.3) is 0 Å². The predicted molar refractivity (Wildman–Crippen MR) is 100 cm³/mol. The van der Waals surface area contributed by atoms with Crippen LogP contribution in [-0.2, 0) is 11.3 Å². The molecule has 0 radical (unpaired) electrons. The van der Waals surface area contributed by atoms with Gasteiger partial charge in [-0.05, 0) is 36.5 Å². The summed E-state index contributed by atoms with van der Waals surface area (Å²) in [6.45, 7) is 5.26. The van der Waals surface area contributed by atoms with Gasteiger partial charge in [0.05, 0.1) is 0 Å². The summed E-state index contributed by atoms with van der Waals surface area (Å²) in [6.07, 6.45) is 2.07. The van der Waals surface area contributed by atoms with Gasteiger partial charge in [0.2, 0.25) is 12.7 Å². The summed E-state index contributed by atoms with van der Waals surface area (Å²) in [5.74, 6) is 3.22. The maximum absolute atomic E-state index is 11.4. The molecule has 142 valence electrons. The number of carbonyl (C=O) groups is 1. The molecule has 0 atom stereocenters. The maximum atomic E-state index is 11.4. The maximum Gasteiger partial charge on any atom is 0.231 e. The Morgan fingerprint density at radius 1 is 1.31 bits per heavy atom. The van der Waals surface area contributed by atoms with Gasteiger partial charge in [-0.1, -0.05) is 6.07 Å². The molecule has 1 aromatic carbocycles. The Morgan fingerprint density at radius 3 is 2.73 bits per heavy atom. The van der Waals surface area contributed by atoms with Gasteiger partial charge in [-0.25, -0.2) is 0 Å². The highest BCUT2D eigenvalue weighted by Gasteiger charge is 2.21. The lowest BCUT2D eigenvalue weighted by molar-refractivity contribution is -0.130. The quantitative estimate of drug-likeness (QED) is 0.654. The molecule has 26 heavy (non-hydrogen) atoms. The first kappa shape index (κ1) is 18.4. The molecule has 1 fully saturated rings. The molecule has 2 aliphatic rings. The molecule has 1 amide bonds. The van der Waals surface area contributed by atoms with E-state index in [9.17, 15) is 4.79 Å². The molecule has 7 heteroatoms. The van der Waals surface area contributed by atoms with Crippen molar-refractivity contribution in [3.05, 3.63) is 23.8 Å². The van der Waals surface area contributed by atoms with E-state index < -0.39 is 0 Å². The second kappa shape index (κ2) is 8.29.